The van der Waals surface area contributed by atoms with Crippen LogP contribution >= 0.6 is 11.6 Å². The van der Waals surface area contributed by atoms with Gasteiger partial charge in [-0.25, -0.2) is 4.79 Å². The first-order valence-electron chi connectivity index (χ1n) is 3.10. The average molecular weight is 188 g/mol. The minimum absolute atomic E-state index is 0.181. The molecule has 64 valence electrons. The lowest BCUT2D eigenvalue weighted by Gasteiger charge is -1.99. The fourth-order valence-electron chi connectivity index (χ4n) is 0.648. The molecule has 0 aliphatic rings. The number of hydrogen-bond acceptors (Lipinski definition) is 4. The van der Waals surface area contributed by atoms with Gasteiger partial charge >= 0.3 is 5.97 Å². The van der Waals surface area contributed by atoms with E-state index in [0.717, 1.165) is 0 Å². The molecule has 4 nitrogen and oxygen atoms in total. The minimum Gasteiger partial charge on any atom is -0.293 e. The van der Waals surface area contributed by atoms with Crippen molar-refractivity contribution < 1.29 is 14.6 Å². The highest BCUT2D eigenvalue weighted by Crippen LogP contribution is 2.14. The van der Waals surface area contributed by atoms with Crippen LogP contribution in [0.15, 0.2) is 18.5 Å². The number of hydrogen-bond donors (Lipinski definition) is 0. The molecule has 0 fully saturated rings. The summed E-state index contributed by atoms with van der Waals surface area (Å²) in [5, 5.41) is 0.284. The molecule has 0 aromatic carbocycles. The fourth-order valence-corrected chi connectivity index (χ4v) is 0.831. The first-order valence-corrected chi connectivity index (χ1v) is 3.48. The molecule has 0 saturated heterocycles. The predicted octanol–water partition coefficient (Wildman–Crippen LogP) is 1.45. The molecular formula is C7H6ClNO3. The molecule has 0 saturated carbocycles. The largest absolute Gasteiger partial charge is 0.376 e. The molecule has 5 heteroatoms. The molecule has 1 heterocycles. The van der Waals surface area contributed by atoms with E-state index in [2.05, 4.69) is 14.8 Å². The van der Waals surface area contributed by atoms with Crippen molar-refractivity contribution in [2.45, 2.75) is 0 Å². The number of carbonyl (C=O) groups is 1. The van der Waals surface area contributed by atoms with Crippen molar-refractivity contribution in [2.75, 3.05) is 7.11 Å². The molecule has 0 spiro atoms. The van der Waals surface area contributed by atoms with Crippen LogP contribution in [0.1, 0.15) is 10.4 Å². The second kappa shape index (κ2) is 4.04. The van der Waals surface area contributed by atoms with E-state index in [9.17, 15) is 4.79 Å². The Hall–Kier alpha value is -1.13. The first-order chi connectivity index (χ1) is 5.75. The third kappa shape index (κ3) is 1.93. The number of rotatable bonds is 2. The molecule has 12 heavy (non-hydrogen) atoms. The SMILES string of the molecule is COOC(=O)c1cnccc1Cl. The van der Waals surface area contributed by atoms with Gasteiger partial charge in [-0.05, 0) is 6.07 Å². The topological polar surface area (TPSA) is 48.4 Å². The van der Waals surface area contributed by atoms with E-state index in [1.165, 1.54) is 25.6 Å². The van der Waals surface area contributed by atoms with E-state index < -0.39 is 5.97 Å². The van der Waals surface area contributed by atoms with Crippen LogP contribution in [-0.4, -0.2) is 18.1 Å². The van der Waals surface area contributed by atoms with Gasteiger partial charge in [-0.1, -0.05) is 11.6 Å². The lowest BCUT2D eigenvalue weighted by atomic mass is 10.3. The van der Waals surface area contributed by atoms with E-state index in [4.69, 9.17) is 11.6 Å². The Morgan fingerprint density at radius 3 is 3.00 bits per heavy atom. The van der Waals surface area contributed by atoms with Crippen molar-refractivity contribution in [1.29, 1.82) is 0 Å². The average Bonchev–Trinajstić information content (AvgIpc) is 2.05. The second-order valence-corrected chi connectivity index (χ2v) is 2.30. The highest BCUT2D eigenvalue weighted by molar-refractivity contribution is 6.33. The maximum Gasteiger partial charge on any atom is 0.376 e. The quantitative estimate of drug-likeness (QED) is 0.520. The van der Waals surface area contributed by atoms with Crippen LogP contribution in [-0.2, 0) is 9.78 Å². The van der Waals surface area contributed by atoms with Gasteiger partial charge in [0.05, 0.1) is 17.7 Å². The summed E-state index contributed by atoms with van der Waals surface area (Å²) in [6.45, 7) is 0. The van der Waals surface area contributed by atoms with Gasteiger partial charge in [-0.2, -0.15) is 4.89 Å². The second-order valence-electron chi connectivity index (χ2n) is 1.89. The Kier molecular flexibility index (Phi) is 3.01. The third-order valence-corrected chi connectivity index (χ3v) is 1.48. The van der Waals surface area contributed by atoms with Gasteiger partial charge in [-0.15, -0.1) is 0 Å². The summed E-state index contributed by atoms with van der Waals surface area (Å²) in [6, 6.07) is 1.49. The van der Waals surface area contributed by atoms with E-state index in [0.29, 0.717) is 0 Å². The minimum atomic E-state index is -0.657. The van der Waals surface area contributed by atoms with Crippen LogP contribution in [0.3, 0.4) is 0 Å². The zero-order valence-electron chi connectivity index (χ0n) is 6.28. The number of aromatic nitrogens is 1. The Labute approximate surface area is 74.0 Å². The molecule has 0 unspecified atom stereocenters. The zero-order valence-corrected chi connectivity index (χ0v) is 7.04. The van der Waals surface area contributed by atoms with Gasteiger partial charge in [0.25, 0.3) is 0 Å². The predicted molar refractivity (Wildman–Crippen MR) is 41.7 cm³/mol. The van der Waals surface area contributed by atoms with Crippen LogP contribution in [0.4, 0.5) is 0 Å². The number of halogens is 1. The molecule has 0 aliphatic carbocycles. The molecule has 1 aromatic rings. The summed E-state index contributed by atoms with van der Waals surface area (Å²) in [5.74, 6) is -0.657. The molecular weight excluding hydrogens is 182 g/mol. The molecule has 0 aliphatic heterocycles. The van der Waals surface area contributed by atoms with Crippen molar-refractivity contribution in [1.82, 2.24) is 4.98 Å². The van der Waals surface area contributed by atoms with Gasteiger partial charge in [0.2, 0.25) is 0 Å². The Balaban J connectivity index is 2.87. The molecule has 1 aromatic heterocycles. The normalized spacial score (nSPS) is 9.50. The summed E-state index contributed by atoms with van der Waals surface area (Å²) in [7, 11) is 1.24. The first kappa shape index (κ1) is 8.96. The van der Waals surface area contributed by atoms with Gasteiger partial charge in [-0.3, -0.25) is 9.87 Å². The van der Waals surface area contributed by atoms with E-state index in [1.807, 2.05) is 0 Å². The number of carbonyl (C=O) groups excluding carboxylic acids is 1. The fraction of sp³-hybridized carbons (Fsp3) is 0.143. The molecule has 0 bridgehead atoms. The standard InChI is InChI=1S/C7H6ClNO3/c1-11-12-7(10)5-4-9-3-2-6(5)8/h2-4H,1H3. The van der Waals surface area contributed by atoms with Crippen molar-refractivity contribution in [3.63, 3.8) is 0 Å². The van der Waals surface area contributed by atoms with Gasteiger partial charge in [0.1, 0.15) is 0 Å². The van der Waals surface area contributed by atoms with Gasteiger partial charge in [0.15, 0.2) is 0 Å². The third-order valence-electron chi connectivity index (χ3n) is 1.15. The lowest BCUT2D eigenvalue weighted by Crippen LogP contribution is -2.04. The maximum absolute atomic E-state index is 11.0. The Morgan fingerprint density at radius 2 is 2.42 bits per heavy atom. The van der Waals surface area contributed by atoms with Crippen LogP contribution in [0, 0.1) is 0 Å². The van der Waals surface area contributed by atoms with Crippen molar-refractivity contribution in [3.8, 4) is 0 Å². The molecule has 1 rings (SSSR count). The summed E-state index contributed by atoms with van der Waals surface area (Å²) in [5.41, 5.74) is 0.181. The van der Waals surface area contributed by atoms with E-state index in [1.54, 1.807) is 0 Å². The maximum atomic E-state index is 11.0. The summed E-state index contributed by atoms with van der Waals surface area (Å²) in [6.07, 6.45) is 2.79. The van der Waals surface area contributed by atoms with Crippen molar-refractivity contribution >= 4 is 17.6 Å². The van der Waals surface area contributed by atoms with Crippen molar-refractivity contribution in [2.24, 2.45) is 0 Å². The monoisotopic (exact) mass is 187 g/mol. The zero-order chi connectivity index (χ0) is 8.97. The van der Waals surface area contributed by atoms with Crippen LogP contribution in [0.25, 0.3) is 0 Å². The van der Waals surface area contributed by atoms with Crippen LogP contribution in [0.5, 0.6) is 0 Å². The van der Waals surface area contributed by atoms with E-state index in [-0.39, 0.29) is 10.6 Å². The summed E-state index contributed by atoms with van der Waals surface area (Å²) in [4.78, 5) is 23.1. The number of nitrogens with zero attached hydrogens (tertiary/aromatic N) is 1. The van der Waals surface area contributed by atoms with Gasteiger partial charge < -0.3 is 0 Å². The number of pyridine rings is 1. The van der Waals surface area contributed by atoms with Gasteiger partial charge in [0, 0.05) is 12.4 Å². The molecule has 0 radical (unpaired) electrons. The smallest absolute Gasteiger partial charge is 0.293 e. The Morgan fingerprint density at radius 1 is 1.67 bits per heavy atom. The highest BCUT2D eigenvalue weighted by atomic mass is 35.5. The molecule has 0 N–H and O–H groups in total. The van der Waals surface area contributed by atoms with Crippen LogP contribution < -0.4 is 0 Å². The Bertz CT molecular complexity index is 290. The van der Waals surface area contributed by atoms with Crippen molar-refractivity contribution in [3.05, 3.63) is 29.0 Å². The highest BCUT2D eigenvalue weighted by Gasteiger charge is 2.11. The molecule has 0 atom stereocenters. The summed E-state index contributed by atoms with van der Waals surface area (Å²) >= 11 is 5.66. The van der Waals surface area contributed by atoms with E-state index >= 15 is 0 Å². The lowest BCUT2D eigenvalue weighted by molar-refractivity contribution is -0.216. The summed E-state index contributed by atoms with van der Waals surface area (Å²) < 4.78 is 0. The van der Waals surface area contributed by atoms with Crippen LogP contribution in [0.2, 0.25) is 5.02 Å². The molecule has 0 amide bonds.